The number of nitrogens with one attached hydrogen (secondary N) is 1. The second-order valence-corrected chi connectivity index (χ2v) is 7.08. The lowest BCUT2D eigenvalue weighted by molar-refractivity contribution is -0.385. The van der Waals surface area contributed by atoms with E-state index in [1.165, 1.54) is 22.5 Å². The van der Waals surface area contributed by atoms with Crippen molar-refractivity contribution in [1.82, 2.24) is 9.62 Å². The first-order valence-corrected chi connectivity index (χ1v) is 8.22. The van der Waals surface area contributed by atoms with Crippen LogP contribution in [0.3, 0.4) is 0 Å². The van der Waals surface area contributed by atoms with Gasteiger partial charge in [0.15, 0.2) is 0 Å². The molecule has 0 atom stereocenters. The topological polar surface area (TPSA) is 92.6 Å². The van der Waals surface area contributed by atoms with Gasteiger partial charge in [0.05, 0.1) is 9.82 Å². The third-order valence-electron chi connectivity index (χ3n) is 3.85. The number of rotatable bonds is 4. The summed E-state index contributed by atoms with van der Waals surface area (Å²) in [4.78, 5) is 10.3. The van der Waals surface area contributed by atoms with Gasteiger partial charge in [0.2, 0.25) is 10.0 Å². The monoisotopic (exact) mass is 349 g/mol. The Bertz CT molecular complexity index is 643. The van der Waals surface area contributed by atoms with Crippen LogP contribution in [0.15, 0.2) is 23.1 Å². The maximum absolute atomic E-state index is 12.6. The summed E-state index contributed by atoms with van der Waals surface area (Å²) >= 11 is 0. The van der Waals surface area contributed by atoms with E-state index >= 15 is 0 Å². The quantitative estimate of drug-likeness (QED) is 0.659. The highest BCUT2D eigenvalue weighted by atomic mass is 35.5. The standard InChI is InChI=1S/C13H19N3O4S.ClH/c1-10-9-12(16(17)18)3-4-13(10)21(19,20)15-7-5-11(14-2)6-8-15;/h3-4,9,11,14H,5-8H2,1-2H3;1H. The second-order valence-electron chi connectivity index (χ2n) is 5.17. The van der Waals surface area contributed by atoms with Gasteiger partial charge in [0, 0.05) is 31.3 Å². The summed E-state index contributed by atoms with van der Waals surface area (Å²) in [5.41, 5.74) is 0.306. The predicted molar refractivity (Wildman–Crippen MR) is 85.9 cm³/mol. The van der Waals surface area contributed by atoms with Crippen molar-refractivity contribution in [2.75, 3.05) is 20.1 Å². The van der Waals surface area contributed by atoms with Gasteiger partial charge in [0.25, 0.3) is 5.69 Å². The molecule has 0 aliphatic carbocycles. The van der Waals surface area contributed by atoms with Crippen LogP contribution in [0.2, 0.25) is 0 Å². The van der Waals surface area contributed by atoms with Crippen LogP contribution in [-0.4, -0.2) is 43.8 Å². The highest BCUT2D eigenvalue weighted by molar-refractivity contribution is 7.89. The average Bonchev–Trinajstić information content (AvgIpc) is 2.46. The number of aryl methyl sites for hydroxylation is 1. The van der Waals surface area contributed by atoms with Crippen molar-refractivity contribution in [2.24, 2.45) is 0 Å². The number of sulfonamides is 1. The smallest absolute Gasteiger partial charge is 0.269 e. The fraction of sp³-hybridized carbons (Fsp3) is 0.538. The molecule has 9 heteroatoms. The molecule has 0 bridgehead atoms. The number of hydrogen-bond donors (Lipinski definition) is 1. The van der Waals surface area contributed by atoms with E-state index in [2.05, 4.69) is 5.32 Å². The summed E-state index contributed by atoms with van der Waals surface area (Å²) < 4.78 is 26.7. The van der Waals surface area contributed by atoms with Crippen LogP contribution in [-0.2, 0) is 10.0 Å². The molecular formula is C13H20ClN3O4S. The average molecular weight is 350 g/mol. The van der Waals surface area contributed by atoms with E-state index in [4.69, 9.17) is 0 Å². The van der Waals surface area contributed by atoms with Gasteiger partial charge in [-0.3, -0.25) is 10.1 Å². The van der Waals surface area contributed by atoms with Gasteiger partial charge in [-0.2, -0.15) is 4.31 Å². The minimum Gasteiger partial charge on any atom is -0.317 e. The first-order valence-electron chi connectivity index (χ1n) is 6.78. The molecule has 0 radical (unpaired) electrons. The Hall–Kier alpha value is -1.22. The predicted octanol–water partition coefficient (Wildman–Crippen LogP) is 1.70. The molecule has 0 unspecified atom stereocenters. The third-order valence-corrected chi connectivity index (χ3v) is 5.91. The number of hydrogen-bond acceptors (Lipinski definition) is 5. The van der Waals surface area contributed by atoms with Crippen LogP contribution in [0.5, 0.6) is 0 Å². The van der Waals surface area contributed by atoms with Crippen molar-refractivity contribution in [3.05, 3.63) is 33.9 Å². The molecule has 22 heavy (non-hydrogen) atoms. The number of nitro groups is 1. The number of nitro benzene ring substituents is 1. The van der Waals surface area contributed by atoms with Crippen LogP contribution >= 0.6 is 12.4 Å². The van der Waals surface area contributed by atoms with Gasteiger partial charge in [0.1, 0.15) is 0 Å². The summed E-state index contributed by atoms with van der Waals surface area (Å²) in [6.07, 6.45) is 1.53. The molecule has 0 spiro atoms. The molecule has 0 amide bonds. The maximum Gasteiger partial charge on any atom is 0.269 e. The molecule has 7 nitrogen and oxygen atoms in total. The number of halogens is 1. The zero-order chi connectivity index (χ0) is 15.6. The van der Waals surface area contributed by atoms with E-state index in [9.17, 15) is 18.5 Å². The second kappa shape index (κ2) is 7.36. The van der Waals surface area contributed by atoms with Crippen molar-refractivity contribution in [3.8, 4) is 0 Å². The van der Waals surface area contributed by atoms with E-state index in [1.807, 2.05) is 7.05 Å². The lowest BCUT2D eigenvalue weighted by Gasteiger charge is -2.31. The lowest BCUT2D eigenvalue weighted by Crippen LogP contribution is -2.44. The van der Waals surface area contributed by atoms with E-state index in [1.54, 1.807) is 6.92 Å². The first-order chi connectivity index (χ1) is 9.86. The molecule has 2 rings (SSSR count). The van der Waals surface area contributed by atoms with Crippen molar-refractivity contribution < 1.29 is 13.3 Å². The molecule has 0 aromatic heterocycles. The molecule has 1 saturated heterocycles. The van der Waals surface area contributed by atoms with Gasteiger partial charge in [-0.1, -0.05) is 0 Å². The van der Waals surface area contributed by atoms with Gasteiger partial charge in [-0.05, 0) is 38.4 Å². The highest BCUT2D eigenvalue weighted by Crippen LogP contribution is 2.26. The van der Waals surface area contributed by atoms with Crippen LogP contribution in [0, 0.1) is 17.0 Å². The Kier molecular flexibility index (Phi) is 6.30. The minimum atomic E-state index is -3.58. The van der Waals surface area contributed by atoms with E-state index in [0.29, 0.717) is 24.7 Å². The molecule has 1 aliphatic heterocycles. The Labute approximate surface area is 136 Å². The molecule has 1 N–H and O–H groups in total. The highest BCUT2D eigenvalue weighted by Gasteiger charge is 2.30. The lowest BCUT2D eigenvalue weighted by atomic mass is 10.1. The zero-order valence-electron chi connectivity index (χ0n) is 12.5. The number of non-ortho nitro benzene ring substituents is 1. The number of nitrogens with zero attached hydrogens (tertiary/aromatic N) is 2. The summed E-state index contributed by atoms with van der Waals surface area (Å²) in [5.74, 6) is 0. The van der Waals surface area contributed by atoms with Crippen LogP contribution in [0.25, 0.3) is 0 Å². The Morgan fingerprint density at radius 3 is 2.36 bits per heavy atom. The third kappa shape index (κ3) is 3.75. The van der Waals surface area contributed by atoms with E-state index < -0.39 is 14.9 Å². The van der Waals surface area contributed by atoms with Gasteiger partial charge < -0.3 is 5.32 Å². The molecule has 124 valence electrons. The van der Waals surface area contributed by atoms with E-state index in [0.717, 1.165) is 12.8 Å². The fourth-order valence-electron chi connectivity index (χ4n) is 2.56. The largest absolute Gasteiger partial charge is 0.317 e. The zero-order valence-corrected chi connectivity index (χ0v) is 14.1. The summed E-state index contributed by atoms with van der Waals surface area (Å²) in [7, 11) is -1.71. The number of piperidine rings is 1. The molecule has 1 aromatic carbocycles. The van der Waals surface area contributed by atoms with Crippen molar-refractivity contribution in [3.63, 3.8) is 0 Å². The SMILES string of the molecule is CNC1CCN(S(=O)(=O)c2ccc([N+](=O)[O-])cc2C)CC1.Cl. The molecule has 1 aliphatic rings. The summed E-state index contributed by atoms with van der Waals surface area (Å²) in [5, 5.41) is 13.9. The van der Waals surface area contributed by atoms with Crippen LogP contribution in [0.1, 0.15) is 18.4 Å². The maximum atomic E-state index is 12.6. The Morgan fingerprint density at radius 1 is 1.32 bits per heavy atom. The van der Waals surface area contributed by atoms with Crippen molar-refractivity contribution >= 4 is 28.1 Å². The number of benzene rings is 1. The molecule has 1 aromatic rings. The van der Waals surface area contributed by atoms with Crippen LogP contribution < -0.4 is 5.32 Å². The van der Waals surface area contributed by atoms with Gasteiger partial charge in [-0.25, -0.2) is 8.42 Å². The first kappa shape index (κ1) is 18.8. The van der Waals surface area contributed by atoms with Gasteiger partial charge in [-0.15, -0.1) is 12.4 Å². The van der Waals surface area contributed by atoms with E-state index in [-0.39, 0.29) is 23.0 Å². The van der Waals surface area contributed by atoms with Crippen molar-refractivity contribution in [2.45, 2.75) is 30.7 Å². The molecule has 1 heterocycles. The normalized spacial score (nSPS) is 17.0. The molecular weight excluding hydrogens is 330 g/mol. The summed E-state index contributed by atoms with van der Waals surface area (Å²) in [6, 6.07) is 4.20. The Morgan fingerprint density at radius 2 is 1.91 bits per heavy atom. The summed E-state index contributed by atoms with van der Waals surface area (Å²) in [6.45, 7) is 2.51. The fourth-order valence-corrected chi connectivity index (χ4v) is 4.24. The van der Waals surface area contributed by atoms with Crippen molar-refractivity contribution in [1.29, 1.82) is 0 Å². The molecule has 1 fully saturated rings. The Balaban J connectivity index is 0.00000242. The van der Waals surface area contributed by atoms with Crippen LogP contribution in [0.4, 0.5) is 5.69 Å². The molecule has 0 saturated carbocycles. The van der Waals surface area contributed by atoms with Gasteiger partial charge >= 0.3 is 0 Å². The minimum absolute atomic E-state index is 0.